The summed E-state index contributed by atoms with van der Waals surface area (Å²) in [5, 5.41) is 5.64. The Hall–Kier alpha value is -1.96. The van der Waals surface area contributed by atoms with Gasteiger partial charge in [0.25, 0.3) is 0 Å². The number of carbonyl (C=O) groups excluding carboxylic acids is 1. The molecular formula is C16H19F3N2O3. The predicted molar refractivity (Wildman–Crippen MR) is 79.8 cm³/mol. The first-order valence-corrected chi connectivity index (χ1v) is 7.87. The first-order chi connectivity index (χ1) is 11.3. The highest BCUT2D eigenvalue weighted by atomic mass is 19.4. The van der Waals surface area contributed by atoms with Crippen molar-refractivity contribution in [3.63, 3.8) is 0 Å². The molecule has 5 nitrogen and oxygen atoms in total. The number of para-hydroxylation sites is 1. The van der Waals surface area contributed by atoms with Crippen molar-refractivity contribution in [2.75, 3.05) is 6.61 Å². The predicted octanol–water partition coefficient (Wildman–Crippen LogP) is 2.92. The number of hydrogen-bond acceptors (Lipinski definition) is 3. The second-order valence-corrected chi connectivity index (χ2v) is 6.12. The average Bonchev–Trinajstić information content (AvgIpc) is 3.12. The molecule has 2 aliphatic rings. The normalized spacial score (nSPS) is 29.2. The Kier molecular flexibility index (Phi) is 4.58. The number of hydrogen-bond donors (Lipinski definition) is 2. The molecular weight excluding hydrogens is 325 g/mol. The molecule has 1 aromatic carbocycles. The van der Waals surface area contributed by atoms with Crippen LogP contribution >= 0.6 is 0 Å². The van der Waals surface area contributed by atoms with Crippen LogP contribution in [0.25, 0.3) is 0 Å². The van der Waals surface area contributed by atoms with Crippen LogP contribution < -0.4 is 15.4 Å². The molecule has 24 heavy (non-hydrogen) atoms. The van der Waals surface area contributed by atoms with Crippen LogP contribution in [-0.2, 0) is 4.74 Å². The standard InChI is InChI=1S/C16H19F3N2O3/c1-9-12(6-7-23-9)20-15(22)21-13-8-11(13)10-4-2-3-5-14(10)24-16(17,18)19/h2-5,9,11-13H,6-8H2,1H3,(H2,20,21,22)/t9-,11-,12-,13+/m0/s1. The molecule has 1 aliphatic carbocycles. The van der Waals surface area contributed by atoms with Crippen LogP contribution in [0.2, 0.25) is 0 Å². The Balaban J connectivity index is 1.56. The highest BCUT2D eigenvalue weighted by molar-refractivity contribution is 5.75. The summed E-state index contributed by atoms with van der Waals surface area (Å²) in [6.45, 7) is 2.50. The van der Waals surface area contributed by atoms with Gasteiger partial charge >= 0.3 is 12.4 Å². The van der Waals surface area contributed by atoms with Crippen molar-refractivity contribution < 1.29 is 27.4 Å². The summed E-state index contributed by atoms with van der Waals surface area (Å²) < 4.78 is 46.8. The van der Waals surface area contributed by atoms with Crippen molar-refractivity contribution in [3.8, 4) is 5.75 Å². The van der Waals surface area contributed by atoms with Crippen LogP contribution in [-0.4, -0.2) is 37.2 Å². The van der Waals surface area contributed by atoms with E-state index in [1.54, 1.807) is 12.1 Å². The summed E-state index contributed by atoms with van der Waals surface area (Å²) >= 11 is 0. The molecule has 1 saturated heterocycles. The number of nitrogens with one attached hydrogen (secondary N) is 2. The molecule has 132 valence electrons. The molecule has 0 radical (unpaired) electrons. The van der Waals surface area contributed by atoms with E-state index >= 15 is 0 Å². The molecule has 1 saturated carbocycles. The van der Waals surface area contributed by atoms with Crippen LogP contribution in [0.3, 0.4) is 0 Å². The summed E-state index contributed by atoms with van der Waals surface area (Å²) in [4.78, 5) is 12.0. The lowest BCUT2D eigenvalue weighted by molar-refractivity contribution is -0.274. The molecule has 8 heteroatoms. The number of carbonyl (C=O) groups is 1. The van der Waals surface area contributed by atoms with Gasteiger partial charge in [-0.25, -0.2) is 4.79 Å². The molecule has 2 amide bonds. The Morgan fingerprint density at radius 1 is 1.25 bits per heavy atom. The van der Waals surface area contributed by atoms with Crippen LogP contribution in [0.15, 0.2) is 24.3 Å². The van der Waals surface area contributed by atoms with E-state index in [1.807, 2.05) is 6.92 Å². The van der Waals surface area contributed by atoms with Gasteiger partial charge in [0.15, 0.2) is 0 Å². The van der Waals surface area contributed by atoms with Crippen molar-refractivity contribution in [1.82, 2.24) is 10.6 Å². The zero-order valence-electron chi connectivity index (χ0n) is 13.1. The maximum atomic E-state index is 12.5. The van der Waals surface area contributed by atoms with E-state index in [0.717, 1.165) is 6.42 Å². The smallest absolute Gasteiger partial charge is 0.405 e. The molecule has 0 aromatic heterocycles. The summed E-state index contributed by atoms with van der Waals surface area (Å²) in [7, 11) is 0. The third-order valence-electron chi connectivity index (χ3n) is 4.34. The van der Waals surface area contributed by atoms with E-state index < -0.39 is 6.36 Å². The molecule has 1 aromatic rings. The lowest BCUT2D eigenvalue weighted by Crippen LogP contribution is -2.45. The molecule has 4 atom stereocenters. The Morgan fingerprint density at radius 3 is 2.62 bits per heavy atom. The number of amides is 2. The lowest BCUT2D eigenvalue weighted by Gasteiger charge is -2.17. The molecule has 3 rings (SSSR count). The Bertz CT molecular complexity index is 608. The Labute approximate surface area is 137 Å². The molecule has 2 N–H and O–H groups in total. The van der Waals surface area contributed by atoms with E-state index in [4.69, 9.17) is 4.74 Å². The largest absolute Gasteiger partial charge is 0.573 e. The van der Waals surface area contributed by atoms with Gasteiger partial charge in [-0.15, -0.1) is 13.2 Å². The first-order valence-electron chi connectivity index (χ1n) is 7.87. The van der Waals surface area contributed by atoms with E-state index in [0.29, 0.717) is 18.6 Å². The average molecular weight is 344 g/mol. The zero-order chi connectivity index (χ0) is 17.3. The van der Waals surface area contributed by atoms with Crippen molar-refractivity contribution in [2.45, 2.75) is 50.2 Å². The summed E-state index contributed by atoms with van der Waals surface area (Å²) in [6, 6.07) is 5.48. The number of rotatable bonds is 4. The topological polar surface area (TPSA) is 59.6 Å². The van der Waals surface area contributed by atoms with E-state index in [-0.39, 0.29) is 35.9 Å². The third-order valence-corrected chi connectivity index (χ3v) is 4.34. The fourth-order valence-electron chi connectivity index (χ4n) is 3.00. The fourth-order valence-corrected chi connectivity index (χ4v) is 3.00. The summed E-state index contributed by atoms with van der Waals surface area (Å²) in [5.74, 6) is -0.385. The van der Waals surface area contributed by atoms with E-state index in [9.17, 15) is 18.0 Å². The molecule has 2 fully saturated rings. The van der Waals surface area contributed by atoms with E-state index in [1.165, 1.54) is 12.1 Å². The minimum Gasteiger partial charge on any atom is -0.405 e. The maximum Gasteiger partial charge on any atom is 0.573 e. The minimum atomic E-state index is -4.73. The van der Waals surface area contributed by atoms with E-state index in [2.05, 4.69) is 15.4 Å². The van der Waals surface area contributed by atoms with Gasteiger partial charge in [-0.05, 0) is 31.4 Å². The lowest BCUT2D eigenvalue weighted by atomic mass is 10.1. The number of ether oxygens (including phenoxy) is 2. The molecule has 1 heterocycles. The highest BCUT2D eigenvalue weighted by Crippen LogP contribution is 2.45. The summed E-state index contributed by atoms with van der Waals surface area (Å²) in [6.07, 6.45) is -3.43. The van der Waals surface area contributed by atoms with Gasteiger partial charge in [0.2, 0.25) is 0 Å². The van der Waals surface area contributed by atoms with Crippen molar-refractivity contribution in [3.05, 3.63) is 29.8 Å². The SMILES string of the molecule is C[C@@H]1OCC[C@@H]1NC(=O)N[C@@H]1C[C@H]1c1ccccc1OC(F)(F)F. The van der Waals surface area contributed by atoms with Gasteiger partial charge < -0.3 is 20.1 Å². The monoisotopic (exact) mass is 344 g/mol. The molecule has 0 bridgehead atoms. The number of halogens is 3. The number of urea groups is 1. The van der Waals surface area contributed by atoms with Crippen LogP contribution in [0, 0.1) is 0 Å². The van der Waals surface area contributed by atoms with Crippen LogP contribution in [0.4, 0.5) is 18.0 Å². The second-order valence-electron chi connectivity index (χ2n) is 6.12. The molecule has 0 spiro atoms. The number of alkyl halides is 3. The van der Waals surface area contributed by atoms with Crippen LogP contribution in [0.5, 0.6) is 5.75 Å². The highest BCUT2D eigenvalue weighted by Gasteiger charge is 2.43. The molecule has 1 aliphatic heterocycles. The van der Waals surface area contributed by atoms with Crippen LogP contribution in [0.1, 0.15) is 31.2 Å². The fraction of sp³-hybridized carbons (Fsp3) is 0.562. The van der Waals surface area contributed by atoms with Gasteiger partial charge in [0, 0.05) is 18.6 Å². The third kappa shape index (κ3) is 4.11. The van der Waals surface area contributed by atoms with Gasteiger partial charge in [0.1, 0.15) is 5.75 Å². The zero-order valence-corrected chi connectivity index (χ0v) is 13.1. The minimum absolute atomic E-state index is 0.0355. The second kappa shape index (κ2) is 6.51. The van der Waals surface area contributed by atoms with Gasteiger partial charge in [-0.1, -0.05) is 18.2 Å². The quantitative estimate of drug-likeness (QED) is 0.883. The van der Waals surface area contributed by atoms with Crippen molar-refractivity contribution in [1.29, 1.82) is 0 Å². The van der Waals surface area contributed by atoms with Crippen molar-refractivity contribution >= 4 is 6.03 Å². The number of benzene rings is 1. The van der Waals surface area contributed by atoms with Gasteiger partial charge in [-0.2, -0.15) is 0 Å². The Morgan fingerprint density at radius 2 is 1.96 bits per heavy atom. The summed E-state index contributed by atoms with van der Waals surface area (Å²) in [5.41, 5.74) is 0.456. The van der Waals surface area contributed by atoms with Gasteiger partial charge in [-0.3, -0.25) is 0 Å². The van der Waals surface area contributed by atoms with Crippen molar-refractivity contribution in [2.24, 2.45) is 0 Å². The maximum absolute atomic E-state index is 12.5. The first kappa shape index (κ1) is 16.9. The van der Waals surface area contributed by atoms with Gasteiger partial charge in [0.05, 0.1) is 12.1 Å². The molecule has 0 unspecified atom stereocenters.